The van der Waals surface area contributed by atoms with Crippen LogP contribution in [0.25, 0.3) is 22.0 Å². The number of aromatic nitrogens is 2. The quantitative estimate of drug-likeness (QED) is 0.373. The van der Waals surface area contributed by atoms with Crippen LogP contribution < -0.4 is 15.4 Å². The van der Waals surface area contributed by atoms with Gasteiger partial charge in [-0.1, -0.05) is 24.3 Å². The summed E-state index contributed by atoms with van der Waals surface area (Å²) in [7, 11) is 1.56. The van der Waals surface area contributed by atoms with Crippen molar-refractivity contribution in [2.24, 2.45) is 0 Å². The largest absolute Gasteiger partial charge is 0.496 e. The molecule has 0 aliphatic heterocycles. The predicted molar refractivity (Wildman–Crippen MR) is 129 cm³/mol. The molecule has 1 aliphatic carbocycles. The van der Waals surface area contributed by atoms with Gasteiger partial charge in [0.05, 0.1) is 23.9 Å². The van der Waals surface area contributed by atoms with Gasteiger partial charge in [-0.25, -0.2) is 9.78 Å². The van der Waals surface area contributed by atoms with E-state index in [1.54, 1.807) is 25.4 Å². The maximum absolute atomic E-state index is 13.0. The van der Waals surface area contributed by atoms with Crippen molar-refractivity contribution >= 4 is 34.2 Å². The van der Waals surface area contributed by atoms with Crippen LogP contribution in [-0.2, 0) is 0 Å². The number of hydrogen-bond acceptors (Lipinski definition) is 6. The highest BCUT2D eigenvalue weighted by atomic mass is 16.5. The summed E-state index contributed by atoms with van der Waals surface area (Å²) < 4.78 is 5.60. The minimum Gasteiger partial charge on any atom is -0.496 e. The first kappa shape index (κ1) is 21.4. The highest BCUT2D eigenvalue weighted by molar-refractivity contribution is 6.09. The van der Waals surface area contributed by atoms with Crippen LogP contribution in [0.2, 0.25) is 0 Å². The number of aromatic carboxylic acids is 1. The summed E-state index contributed by atoms with van der Waals surface area (Å²) in [5, 5.41) is 16.3. The van der Waals surface area contributed by atoms with Crippen LogP contribution in [0.3, 0.4) is 0 Å². The van der Waals surface area contributed by atoms with Crippen molar-refractivity contribution in [3.8, 4) is 16.9 Å². The number of benzene rings is 2. The summed E-state index contributed by atoms with van der Waals surface area (Å²) in [5.41, 5.74) is 3.90. The molecule has 0 unspecified atom stereocenters. The second-order valence-corrected chi connectivity index (χ2v) is 8.09. The molecular formula is C26H22N4O4. The van der Waals surface area contributed by atoms with Crippen LogP contribution in [0, 0.1) is 0 Å². The lowest BCUT2D eigenvalue weighted by Gasteiger charge is -2.17. The molecule has 2 aromatic carbocycles. The number of carbonyl (C=O) groups is 2. The molecule has 1 aliphatic rings. The number of amides is 1. The number of hydrogen-bond donors (Lipinski definition) is 3. The molecule has 0 bridgehead atoms. The van der Waals surface area contributed by atoms with Crippen molar-refractivity contribution in [1.29, 1.82) is 0 Å². The number of anilines is 2. The zero-order chi connectivity index (χ0) is 23.7. The third-order valence-electron chi connectivity index (χ3n) is 5.68. The number of para-hydroxylation sites is 1. The molecule has 4 aromatic rings. The predicted octanol–water partition coefficient (Wildman–Crippen LogP) is 4.64. The Kier molecular flexibility index (Phi) is 5.55. The summed E-state index contributed by atoms with van der Waals surface area (Å²) in [6.45, 7) is 0. The molecular weight excluding hydrogens is 432 g/mol. The Hall–Kier alpha value is -4.46. The summed E-state index contributed by atoms with van der Waals surface area (Å²) >= 11 is 0. The van der Waals surface area contributed by atoms with Gasteiger partial charge in [0.15, 0.2) is 0 Å². The summed E-state index contributed by atoms with van der Waals surface area (Å²) in [5.74, 6) is -0.715. The molecule has 1 fully saturated rings. The van der Waals surface area contributed by atoms with Crippen LogP contribution >= 0.6 is 0 Å². The number of methoxy groups -OCH3 is 1. The molecule has 0 spiro atoms. The maximum Gasteiger partial charge on any atom is 0.354 e. The molecule has 8 nitrogen and oxygen atoms in total. The van der Waals surface area contributed by atoms with E-state index in [2.05, 4.69) is 20.6 Å². The van der Waals surface area contributed by atoms with E-state index < -0.39 is 5.97 Å². The van der Waals surface area contributed by atoms with E-state index in [1.165, 1.54) is 12.3 Å². The smallest absolute Gasteiger partial charge is 0.354 e. The third kappa shape index (κ3) is 4.25. The van der Waals surface area contributed by atoms with E-state index in [0.29, 0.717) is 33.6 Å². The molecule has 3 N–H and O–H groups in total. The fraction of sp³-hybridized carbons (Fsp3) is 0.154. The number of pyridine rings is 2. The molecule has 1 saturated carbocycles. The molecule has 170 valence electrons. The number of carbonyl (C=O) groups excluding carboxylic acids is 1. The molecule has 2 heterocycles. The maximum atomic E-state index is 13.0. The van der Waals surface area contributed by atoms with Gasteiger partial charge in [0.1, 0.15) is 11.4 Å². The molecule has 0 radical (unpaired) electrons. The molecule has 8 heteroatoms. The van der Waals surface area contributed by atoms with Crippen molar-refractivity contribution in [2.75, 3.05) is 12.4 Å². The first-order chi connectivity index (χ1) is 16.5. The van der Waals surface area contributed by atoms with Crippen LogP contribution in [0.1, 0.15) is 33.7 Å². The van der Waals surface area contributed by atoms with E-state index in [1.807, 2.05) is 36.4 Å². The van der Waals surface area contributed by atoms with E-state index in [4.69, 9.17) is 4.74 Å². The Balaban J connectivity index is 1.68. The lowest BCUT2D eigenvalue weighted by molar-refractivity contribution is 0.0690. The van der Waals surface area contributed by atoms with E-state index >= 15 is 0 Å². The topological polar surface area (TPSA) is 113 Å². The number of rotatable bonds is 7. The summed E-state index contributed by atoms with van der Waals surface area (Å²) in [6.07, 6.45) is 5.03. The average molecular weight is 454 g/mol. The number of carboxylic acids is 1. The van der Waals surface area contributed by atoms with Gasteiger partial charge >= 0.3 is 5.97 Å². The second-order valence-electron chi connectivity index (χ2n) is 8.09. The number of ether oxygens (including phenoxy) is 1. The van der Waals surface area contributed by atoms with Crippen LogP contribution in [-0.4, -0.2) is 40.1 Å². The van der Waals surface area contributed by atoms with Crippen molar-refractivity contribution in [2.45, 2.75) is 18.9 Å². The van der Waals surface area contributed by atoms with Gasteiger partial charge in [-0.15, -0.1) is 0 Å². The minimum atomic E-state index is -1.10. The van der Waals surface area contributed by atoms with Gasteiger partial charge in [-0.05, 0) is 37.1 Å². The van der Waals surface area contributed by atoms with Gasteiger partial charge in [0, 0.05) is 46.7 Å². The molecule has 34 heavy (non-hydrogen) atoms. The van der Waals surface area contributed by atoms with Crippen molar-refractivity contribution in [3.63, 3.8) is 0 Å². The monoisotopic (exact) mass is 454 g/mol. The number of nitrogens with one attached hydrogen (secondary N) is 2. The molecule has 2 aromatic heterocycles. The normalized spacial score (nSPS) is 12.9. The Labute approximate surface area is 195 Å². The van der Waals surface area contributed by atoms with E-state index in [-0.39, 0.29) is 17.6 Å². The van der Waals surface area contributed by atoms with Crippen molar-refractivity contribution in [3.05, 3.63) is 78.2 Å². The zero-order valence-corrected chi connectivity index (χ0v) is 18.4. The first-order valence-electron chi connectivity index (χ1n) is 10.9. The van der Waals surface area contributed by atoms with Gasteiger partial charge < -0.3 is 20.5 Å². The number of nitrogens with zero attached hydrogens (tertiary/aromatic N) is 2. The van der Waals surface area contributed by atoms with Gasteiger partial charge in [-0.3, -0.25) is 9.78 Å². The lowest BCUT2D eigenvalue weighted by Crippen LogP contribution is -2.26. The van der Waals surface area contributed by atoms with Crippen LogP contribution in [0.4, 0.5) is 11.4 Å². The molecule has 0 saturated heterocycles. The second kappa shape index (κ2) is 8.82. The highest BCUT2D eigenvalue weighted by Gasteiger charge is 2.26. The van der Waals surface area contributed by atoms with Gasteiger partial charge in [0.25, 0.3) is 5.91 Å². The van der Waals surface area contributed by atoms with E-state index in [9.17, 15) is 14.7 Å². The van der Waals surface area contributed by atoms with Gasteiger partial charge in [-0.2, -0.15) is 0 Å². The zero-order valence-electron chi connectivity index (χ0n) is 18.4. The Morgan fingerprint density at radius 2 is 1.82 bits per heavy atom. The fourth-order valence-electron chi connectivity index (χ4n) is 3.76. The van der Waals surface area contributed by atoms with Crippen LogP contribution in [0.15, 0.2) is 67.0 Å². The first-order valence-corrected chi connectivity index (χ1v) is 10.9. The van der Waals surface area contributed by atoms with Crippen LogP contribution in [0.5, 0.6) is 5.75 Å². The SMILES string of the molecule is COc1cc2ncc(C(=O)NC3CC3)c(Nc3ccccc3)c2cc1-c1ccc(C(=O)O)nc1. The third-order valence-corrected chi connectivity index (χ3v) is 5.68. The number of carboxylic acid groups (broad SMARTS) is 1. The van der Waals surface area contributed by atoms with Gasteiger partial charge in [0.2, 0.25) is 0 Å². The summed E-state index contributed by atoms with van der Waals surface area (Å²) in [6, 6.07) is 16.6. The Morgan fingerprint density at radius 3 is 2.47 bits per heavy atom. The fourth-order valence-corrected chi connectivity index (χ4v) is 3.76. The molecule has 0 atom stereocenters. The highest BCUT2D eigenvalue weighted by Crippen LogP contribution is 2.38. The minimum absolute atomic E-state index is 0.0457. The number of fused-ring (bicyclic) bond motifs is 1. The van der Waals surface area contributed by atoms with E-state index in [0.717, 1.165) is 23.9 Å². The summed E-state index contributed by atoms with van der Waals surface area (Å²) in [4.78, 5) is 32.8. The van der Waals surface area contributed by atoms with Crippen molar-refractivity contribution in [1.82, 2.24) is 15.3 Å². The average Bonchev–Trinajstić information content (AvgIpc) is 3.68. The van der Waals surface area contributed by atoms with Crippen molar-refractivity contribution < 1.29 is 19.4 Å². The lowest BCUT2D eigenvalue weighted by atomic mass is 10.0. The molecule has 1 amide bonds. The Morgan fingerprint density at radius 1 is 1.03 bits per heavy atom. The Bertz CT molecular complexity index is 1380. The standard InChI is InChI=1S/C26H22N4O4/c1-34-23-12-22-19(11-18(23)15-7-10-21(26(32)33)27-13-15)24(29-16-5-3-2-4-6-16)20(14-28-22)25(31)30-17-8-9-17/h2-7,10-14,17H,8-9H2,1H3,(H,28,29)(H,30,31)(H,32,33). The molecule has 5 rings (SSSR count).